The van der Waals surface area contributed by atoms with E-state index in [1.165, 1.54) is 6.92 Å². The van der Waals surface area contributed by atoms with Gasteiger partial charge >= 0.3 is 0 Å². The highest BCUT2D eigenvalue weighted by atomic mass is 16.5. The number of amides is 2. The van der Waals surface area contributed by atoms with E-state index in [-0.39, 0.29) is 11.8 Å². The van der Waals surface area contributed by atoms with Crippen LogP contribution in [-0.2, 0) is 22.6 Å². The first-order valence-electron chi connectivity index (χ1n) is 8.29. The van der Waals surface area contributed by atoms with Crippen molar-refractivity contribution in [2.45, 2.75) is 32.9 Å². The van der Waals surface area contributed by atoms with Gasteiger partial charge in [0.15, 0.2) is 0 Å². The van der Waals surface area contributed by atoms with Crippen LogP contribution in [0, 0.1) is 6.92 Å². The molecule has 1 aliphatic rings. The number of hydrogen-bond acceptors (Lipinski definition) is 3. The molecule has 0 radical (unpaired) electrons. The van der Waals surface area contributed by atoms with Crippen molar-refractivity contribution < 1.29 is 14.3 Å². The van der Waals surface area contributed by atoms with E-state index in [2.05, 4.69) is 5.32 Å². The minimum atomic E-state index is -0.499. The second kappa shape index (κ2) is 6.97. The van der Waals surface area contributed by atoms with Gasteiger partial charge in [-0.2, -0.15) is 0 Å². The summed E-state index contributed by atoms with van der Waals surface area (Å²) in [5.74, 6) is 0.497. The van der Waals surface area contributed by atoms with Crippen LogP contribution >= 0.6 is 0 Å². The van der Waals surface area contributed by atoms with Gasteiger partial charge in [0.05, 0.1) is 7.11 Å². The third kappa shape index (κ3) is 3.50. The van der Waals surface area contributed by atoms with Crippen molar-refractivity contribution in [1.29, 1.82) is 0 Å². The molecular formula is C20H22N2O3. The van der Waals surface area contributed by atoms with Gasteiger partial charge in [0.1, 0.15) is 11.8 Å². The average molecular weight is 338 g/mol. The third-order valence-electron chi connectivity index (χ3n) is 4.43. The van der Waals surface area contributed by atoms with Crippen LogP contribution in [-0.4, -0.2) is 25.0 Å². The van der Waals surface area contributed by atoms with E-state index in [0.717, 1.165) is 28.1 Å². The van der Waals surface area contributed by atoms with Crippen LogP contribution in [0.25, 0.3) is 0 Å². The highest BCUT2D eigenvalue weighted by Crippen LogP contribution is 2.32. The summed E-state index contributed by atoms with van der Waals surface area (Å²) in [7, 11) is 1.62. The van der Waals surface area contributed by atoms with E-state index in [9.17, 15) is 9.59 Å². The van der Waals surface area contributed by atoms with Crippen molar-refractivity contribution in [3.63, 3.8) is 0 Å². The zero-order valence-corrected chi connectivity index (χ0v) is 14.7. The molecular weight excluding hydrogens is 316 g/mol. The fourth-order valence-electron chi connectivity index (χ4n) is 3.34. The Morgan fingerprint density at radius 1 is 1.24 bits per heavy atom. The van der Waals surface area contributed by atoms with Gasteiger partial charge in [0.2, 0.25) is 11.8 Å². The van der Waals surface area contributed by atoms with Gasteiger partial charge in [-0.05, 0) is 41.8 Å². The van der Waals surface area contributed by atoms with E-state index >= 15 is 0 Å². The standard InChI is InChI=1S/C20H22N2O3/c1-13-8-15(10-17(9-13)25-3)12-21-20(24)19-11-16-6-4-5-7-18(16)22(19)14(2)23/h4-10,19H,11-12H2,1-3H3,(H,21,24)/t19-/m0/s1. The topological polar surface area (TPSA) is 58.6 Å². The summed E-state index contributed by atoms with van der Waals surface area (Å²) in [4.78, 5) is 26.3. The van der Waals surface area contributed by atoms with E-state index in [1.54, 1.807) is 12.0 Å². The quantitative estimate of drug-likeness (QED) is 0.932. The van der Waals surface area contributed by atoms with Crippen molar-refractivity contribution in [3.05, 3.63) is 59.2 Å². The Morgan fingerprint density at radius 2 is 2.00 bits per heavy atom. The number of nitrogens with one attached hydrogen (secondary N) is 1. The maximum absolute atomic E-state index is 12.7. The number of hydrogen-bond donors (Lipinski definition) is 1. The Labute approximate surface area is 147 Å². The number of nitrogens with zero attached hydrogens (tertiary/aromatic N) is 1. The molecule has 2 amide bonds. The molecule has 2 aromatic rings. The number of ether oxygens (including phenoxy) is 1. The second-order valence-electron chi connectivity index (χ2n) is 6.31. The van der Waals surface area contributed by atoms with Crippen molar-refractivity contribution in [2.75, 3.05) is 12.0 Å². The van der Waals surface area contributed by atoms with E-state index < -0.39 is 6.04 Å². The molecule has 1 N–H and O–H groups in total. The molecule has 25 heavy (non-hydrogen) atoms. The summed E-state index contributed by atoms with van der Waals surface area (Å²) in [5.41, 5.74) is 3.89. The summed E-state index contributed by atoms with van der Waals surface area (Å²) in [6.45, 7) is 3.88. The van der Waals surface area contributed by atoms with Crippen molar-refractivity contribution in [2.24, 2.45) is 0 Å². The molecule has 1 atom stereocenters. The third-order valence-corrected chi connectivity index (χ3v) is 4.43. The first-order valence-corrected chi connectivity index (χ1v) is 8.29. The normalized spacial score (nSPS) is 15.6. The number of fused-ring (bicyclic) bond motifs is 1. The van der Waals surface area contributed by atoms with Crippen LogP contribution in [0.4, 0.5) is 5.69 Å². The molecule has 0 aromatic heterocycles. The number of para-hydroxylation sites is 1. The highest BCUT2D eigenvalue weighted by Gasteiger charge is 2.36. The van der Waals surface area contributed by atoms with Crippen LogP contribution < -0.4 is 15.0 Å². The SMILES string of the molecule is COc1cc(C)cc(CNC(=O)[C@@H]2Cc3ccccc3N2C(C)=O)c1. The maximum atomic E-state index is 12.7. The molecule has 5 nitrogen and oxygen atoms in total. The van der Waals surface area contributed by atoms with Gasteiger partial charge in [-0.15, -0.1) is 0 Å². The minimum Gasteiger partial charge on any atom is -0.497 e. The molecule has 3 rings (SSSR count). The van der Waals surface area contributed by atoms with Crippen LogP contribution in [0.2, 0.25) is 0 Å². The number of methoxy groups -OCH3 is 1. The van der Waals surface area contributed by atoms with Crippen LogP contribution in [0.15, 0.2) is 42.5 Å². The lowest BCUT2D eigenvalue weighted by Gasteiger charge is -2.23. The lowest BCUT2D eigenvalue weighted by atomic mass is 10.1. The summed E-state index contributed by atoms with van der Waals surface area (Å²) in [6, 6.07) is 13.0. The van der Waals surface area contributed by atoms with Crippen molar-refractivity contribution in [3.8, 4) is 5.75 Å². The van der Waals surface area contributed by atoms with E-state index in [0.29, 0.717) is 13.0 Å². The first kappa shape index (κ1) is 17.0. The summed E-state index contributed by atoms with van der Waals surface area (Å²) in [6.07, 6.45) is 0.540. The number of carbonyl (C=O) groups is 2. The molecule has 130 valence electrons. The van der Waals surface area contributed by atoms with Gasteiger partial charge in [-0.25, -0.2) is 0 Å². The fourth-order valence-corrected chi connectivity index (χ4v) is 3.34. The summed E-state index contributed by atoms with van der Waals surface area (Å²) < 4.78 is 5.27. The summed E-state index contributed by atoms with van der Waals surface area (Å²) >= 11 is 0. The molecule has 0 saturated heterocycles. The number of carbonyl (C=O) groups excluding carboxylic acids is 2. The van der Waals surface area contributed by atoms with Crippen LogP contribution in [0.3, 0.4) is 0 Å². The molecule has 0 spiro atoms. The summed E-state index contributed by atoms with van der Waals surface area (Å²) in [5, 5.41) is 2.95. The maximum Gasteiger partial charge on any atom is 0.243 e. The van der Waals surface area contributed by atoms with Gasteiger partial charge < -0.3 is 10.1 Å². The Bertz CT molecular complexity index is 816. The molecule has 0 saturated carbocycles. The molecule has 5 heteroatoms. The molecule has 0 bridgehead atoms. The predicted octanol–water partition coefficient (Wildman–Crippen LogP) is 2.60. The molecule has 0 aliphatic carbocycles. The zero-order chi connectivity index (χ0) is 18.0. The highest BCUT2D eigenvalue weighted by molar-refractivity contribution is 6.02. The van der Waals surface area contributed by atoms with E-state index in [4.69, 9.17) is 4.74 Å². The Balaban J connectivity index is 1.73. The lowest BCUT2D eigenvalue weighted by molar-refractivity contribution is -0.125. The molecule has 1 aliphatic heterocycles. The van der Waals surface area contributed by atoms with Crippen molar-refractivity contribution in [1.82, 2.24) is 5.32 Å². The molecule has 1 heterocycles. The van der Waals surface area contributed by atoms with Gasteiger partial charge in [0.25, 0.3) is 0 Å². The van der Waals surface area contributed by atoms with Gasteiger partial charge in [-0.3, -0.25) is 14.5 Å². The molecule has 0 unspecified atom stereocenters. The van der Waals surface area contributed by atoms with E-state index in [1.807, 2.05) is 49.4 Å². The Hall–Kier alpha value is -2.82. The minimum absolute atomic E-state index is 0.123. The first-order chi connectivity index (χ1) is 12.0. The van der Waals surface area contributed by atoms with Gasteiger partial charge in [-0.1, -0.05) is 24.3 Å². The monoisotopic (exact) mass is 338 g/mol. The lowest BCUT2D eigenvalue weighted by Crippen LogP contribution is -2.47. The van der Waals surface area contributed by atoms with Crippen molar-refractivity contribution >= 4 is 17.5 Å². The Morgan fingerprint density at radius 3 is 2.72 bits per heavy atom. The number of aryl methyl sites for hydroxylation is 1. The number of anilines is 1. The fraction of sp³-hybridized carbons (Fsp3) is 0.300. The molecule has 2 aromatic carbocycles. The van der Waals surface area contributed by atoms with Gasteiger partial charge in [0, 0.05) is 25.6 Å². The smallest absolute Gasteiger partial charge is 0.243 e. The molecule has 0 fully saturated rings. The Kier molecular flexibility index (Phi) is 4.74. The average Bonchev–Trinajstić information content (AvgIpc) is 2.99. The van der Waals surface area contributed by atoms with Crippen LogP contribution in [0.1, 0.15) is 23.6 Å². The number of rotatable bonds is 4. The zero-order valence-electron chi connectivity index (χ0n) is 14.7. The van der Waals surface area contributed by atoms with Crippen LogP contribution in [0.5, 0.6) is 5.75 Å². The second-order valence-corrected chi connectivity index (χ2v) is 6.31. The number of benzene rings is 2. The largest absolute Gasteiger partial charge is 0.497 e. The predicted molar refractivity (Wildman–Crippen MR) is 96.7 cm³/mol.